The smallest absolute Gasteiger partial charge is 0.389 e. The van der Waals surface area contributed by atoms with Gasteiger partial charge in [0.05, 0.1) is 22.6 Å². The zero-order valence-corrected chi connectivity index (χ0v) is 22.8. The van der Waals surface area contributed by atoms with Crippen molar-refractivity contribution in [3.63, 3.8) is 0 Å². The summed E-state index contributed by atoms with van der Waals surface area (Å²) in [6.07, 6.45) is 0.749. The Morgan fingerprint density at radius 2 is 1.86 bits per heavy atom. The molecule has 222 valence electrons. The van der Waals surface area contributed by atoms with Crippen molar-refractivity contribution in [1.29, 1.82) is 0 Å². The summed E-state index contributed by atoms with van der Waals surface area (Å²) in [5.41, 5.74) is 1.44. The Bertz CT molecular complexity index is 1900. The first-order valence-electron chi connectivity index (χ1n) is 13.9. The molecule has 11 nitrogen and oxygen atoms in total. The number of β-amino-alcohol motifs (C(OH)–C–C–N with tert-alkyl or cyclic N) is 1. The van der Waals surface area contributed by atoms with E-state index in [1.165, 1.54) is 12.4 Å². The first-order chi connectivity index (χ1) is 20.7. The number of aliphatic hydroxyl groups is 1. The van der Waals surface area contributed by atoms with Crippen molar-refractivity contribution in [2.24, 2.45) is 0 Å². The Morgan fingerprint density at radius 3 is 2.60 bits per heavy atom. The number of hydrogen-bond donors (Lipinski definition) is 2. The van der Waals surface area contributed by atoms with Gasteiger partial charge in [0.15, 0.2) is 5.65 Å². The summed E-state index contributed by atoms with van der Waals surface area (Å²) in [5, 5.41) is 10.4. The fourth-order valence-electron chi connectivity index (χ4n) is 6.12. The van der Waals surface area contributed by atoms with Gasteiger partial charge in [-0.3, -0.25) is 14.3 Å². The van der Waals surface area contributed by atoms with E-state index >= 15 is 0 Å². The first kappa shape index (κ1) is 27.1. The Labute approximate surface area is 242 Å². The summed E-state index contributed by atoms with van der Waals surface area (Å²) in [6, 6.07) is 8.56. The Hall–Kier alpha value is -4.72. The van der Waals surface area contributed by atoms with Crippen LogP contribution in [0.5, 0.6) is 0 Å². The average molecular weight is 593 g/mol. The number of alkyl halides is 3. The van der Waals surface area contributed by atoms with E-state index in [9.17, 15) is 27.9 Å². The van der Waals surface area contributed by atoms with Gasteiger partial charge in [-0.25, -0.2) is 19.7 Å². The molecule has 2 N–H and O–H groups in total. The molecule has 14 heteroatoms. The summed E-state index contributed by atoms with van der Waals surface area (Å²) in [7, 11) is 0. The molecule has 0 spiro atoms. The predicted molar refractivity (Wildman–Crippen MR) is 151 cm³/mol. The van der Waals surface area contributed by atoms with Gasteiger partial charge in [0.1, 0.15) is 24.3 Å². The van der Waals surface area contributed by atoms with Crippen molar-refractivity contribution in [3.8, 4) is 11.1 Å². The molecule has 43 heavy (non-hydrogen) atoms. The van der Waals surface area contributed by atoms with E-state index in [1.54, 1.807) is 38.6 Å². The minimum atomic E-state index is -4.52. The third kappa shape index (κ3) is 4.80. The minimum Gasteiger partial charge on any atom is -0.389 e. The van der Waals surface area contributed by atoms with Crippen LogP contribution in [0.3, 0.4) is 0 Å². The van der Waals surface area contributed by atoms with E-state index in [0.29, 0.717) is 72.6 Å². The van der Waals surface area contributed by atoms with Crippen LogP contribution in [0.1, 0.15) is 24.4 Å². The highest BCUT2D eigenvalue weighted by atomic mass is 19.4. The van der Waals surface area contributed by atoms with Gasteiger partial charge in [-0.1, -0.05) is 12.1 Å². The second-order valence-electron chi connectivity index (χ2n) is 11.0. The summed E-state index contributed by atoms with van der Waals surface area (Å²) < 4.78 is 44.1. The molecular formula is C29H27F3N8O3. The summed E-state index contributed by atoms with van der Waals surface area (Å²) in [6.45, 7) is 1.48. The van der Waals surface area contributed by atoms with Crippen molar-refractivity contribution >= 4 is 33.9 Å². The number of carbonyl (C=O) groups excluding carboxylic acids is 1. The van der Waals surface area contributed by atoms with Gasteiger partial charge < -0.3 is 19.5 Å². The number of H-pyrrole nitrogens is 1. The normalized spacial score (nSPS) is 16.7. The van der Waals surface area contributed by atoms with Crippen LogP contribution in [0.2, 0.25) is 0 Å². The molecule has 2 aliphatic rings. The van der Waals surface area contributed by atoms with Crippen molar-refractivity contribution < 1.29 is 23.1 Å². The molecule has 5 aromatic rings. The molecule has 6 heterocycles. The third-order valence-corrected chi connectivity index (χ3v) is 8.27. The Kier molecular flexibility index (Phi) is 6.45. The van der Waals surface area contributed by atoms with Gasteiger partial charge >= 0.3 is 11.9 Å². The van der Waals surface area contributed by atoms with Gasteiger partial charge in [0.2, 0.25) is 5.91 Å². The summed E-state index contributed by atoms with van der Waals surface area (Å²) in [5.74, 6) is 0.326. The van der Waals surface area contributed by atoms with Crippen molar-refractivity contribution in [2.75, 3.05) is 31.1 Å². The molecule has 4 aromatic heterocycles. The van der Waals surface area contributed by atoms with E-state index in [4.69, 9.17) is 0 Å². The minimum absolute atomic E-state index is 0.0733. The fourth-order valence-corrected chi connectivity index (χ4v) is 6.12. The highest BCUT2D eigenvalue weighted by Crippen LogP contribution is 2.39. The number of aromatic nitrogens is 6. The number of benzene rings is 1. The number of halogens is 3. The maximum atomic E-state index is 13.6. The number of pyridine rings is 1. The van der Waals surface area contributed by atoms with Crippen LogP contribution < -0.4 is 10.6 Å². The number of likely N-dealkylation sites (tertiary alicyclic amines) is 1. The molecule has 0 atom stereocenters. The number of nitrogens with zero attached hydrogens (tertiary/aromatic N) is 7. The molecular weight excluding hydrogens is 565 g/mol. The van der Waals surface area contributed by atoms with Crippen LogP contribution in [0.15, 0.2) is 59.9 Å². The molecule has 2 saturated heterocycles. The van der Waals surface area contributed by atoms with E-state index in [0.717, 1.165) is 17.6 Å². The van der Waals surface area contributed by atoms with Crippen molar-refractivity contribution in [3.05, 3.63) is 71.2 Å². The lowest BCUT2D eigenvalue weighted by Gasteiger charge is -2.37. The maximum absolute atomic E-state index is 13.6. The molecule has 0 unspecified atom stereocenters. The van der Waals surface area contributed by atoms with Gasteiger partial charge in [0, 0.05) is 50.2 Å². The molecule has 0 radical (unpaired) electrons. The number of hydrogen-bond acceptors (Lipinski definition) is 7. The largest absolute Gasteiger partial charge is 0.416 e. The first-order valence-corrected chi connectivity index (χ1v) is 13.9. The number of carbonyl (C=O) groups is 1. The Balaban J connectivity index is 1.18. The number of aliphatic hydroxyl groups excluding tert-OH is 1. The lowest BCUT2D eigenvalue weighted by atomic mass is 10.0. The molecule has 0 saturated carbocycles. The number of fused-ring (bicyclic) bond motifs is 2. The van der Waals surface area contributed by atoms with Crippen molar-refractivity contribution in [2.45, 2.75) is 37.7 Å². The van der Waals surface area contributed by atoms with E-state index in [2.05, 4.69) is 19.9 Å². The van der Waals surface area contributed by atoms with E-state index in [1.807, 2.05) is 11.0 Å². The summed E-state index contributed by atoms with van der Waals surface area (Å²) in [4.78, 5) is 45.5. The number of nitrogens with one attached hydrogen (secondary N) is 1. The quantitative estimate of drug-likeness (QED) is 0.321. The SMILES string of the molecule is O=C(Cn1cc(-c2cccc(C(F)(F)F)c2)c2c(N3CC(O)C3)ncnc21)N1CCC(n2c(=O)[nH]c3ncccc32)CC1. The number of rotatable bonds is 5. The Morgan fingerprint density at radius 1 is 1.07 bits per heavy atom. The lowest BCUT2D eigenvalue weighted by Crippen LogP contribution is -2.51. The monoisotopic (exact) mass is 592 g/mol. The van der Waals surface area contributed by atoms with Crippen LogP contribution in [-0.4, -0.2) is 77.3 Å². The number of imidazole rings is 1. The van der Waals surface area contributed by atoms with Gasteiger partial charge in [-0.15, -0.1) is 0 Å². The van der Waals surface area contributed by atoms with E-state index < -0.39 is 17.8 Å². The maximum Gasteiger partial charge on any atom is 0.416 e. The number of anilines is 1. The molecule has 7 rings (SSSR count). The molecule has 0 aliphatic carbocycles. The summed E-state index contributed by atoms with van der Waals surface area (Å²) >= 11 is 0. The van der Waals surface area contributed by atoms with Crippen LogP contribution in [0.4, 0.5) is 19.0 Å². The van der Waals surface area contributed by atoms with E-state index in [-0.39, 0.29) is 24.2 Å². The molecule has 2 aliphatic heterocycles. The van der Waals surface area contributed by atoms with Gasteiger partial charge in [0.25, 0.3) is 0 Å². The van der Waals surface area contributed by atoms with Gasteiger partial charge in [-0.2, -0.15) is 13.2 Å². The van der Waals surface area contributed by atoms with Gasteiger partial charge in [-0.05, 0) is 42.7 Å². The molecule has 0 bridgehead atoms. The van der Waals surface area contributed by atoms with Crippen LogP contribution in [-0.2, 0) is 17.5 Å². The molecule has 2 fully saturated rings. The molecule has 1 amide bonds. The zero-order chi connectivity index (χ0) is 29.9. The highest BCUT2D eigenvalue weighted by molar-refractivity contribution is 6.02. The van der Waals surface area contributed by atoms with Crippen LogP contribution >= 0.6 is 0 Å². The molecule has 1 aromatic carbocycles. The highest BCUT2D eigenvalue weighted by Gasteiger charge is 2.33. The predicted octanol–water partition coefficient (Wildman–Crippen LogP) is 3.20. The lowest BCUT2D eigenvalue weighted by molar-refractivity contribution is -0.137. The fraction of sp³-hybridized carbons (Fsp3) is 0.345. The van der Waals surface area contributed by atoms with Crippen molar-refractivity contribution in [1.82, 2.24) is 34.0 Å². The van der Waals surface area contributed by atoms with Crippen LogP contribution in [0, 0.1) is 0 Å². The van der Waals surface area contributed by atoms with Crippen LogP contribution in [0.25, 0.3) is 33.3 Å². The zero-order valence-electron chi connectivity index (χ0n) is 22.8. The standard InChI is InChI=1S/C29H27F3N8O3/c30-29(31,32)18-4-1-3-17(11-18)21-14-39(27-24(21)26(34-16-35-27)38-12-20(41)13-38)15-23(42)37-9-6-19(7-10-37)40-22-5-2-8-33-25(22)36-28(40)43/h1-5,8,11,14,16,19-20,41H,6-7,9-10,12-13,15H2,(H,33,36,43). The third-order valence-electron chi connectivity index (χ3n) is 8.27. The number of aromatic amines is 1. The average Bonchev–Trinajstić information content (AvgIpc) is 3.52. The topological polar surface area (TPSA) is 125 Å². The second kappa shape index (κ2) is 10.2. The number of piperidine rings is 1. The number of amides is 1. The second-order valence-corrected chi connectivity index (χ2v) is 11.0.